The summed E-state index contributed by atoms with van der Waals surface area (Å²) in [5, 5.41) is 5.59. The van der Waals surface area contributed by atoms with Crippen molar-refractivity contribution >= 4 is 5.91 Å². The van der Waals surface area contributed by atoms with E-state index in [2.05, 4.69) is 15.4 Å². The Morgan fingerprint density at radius 1 is 1.58 bits per heavy atom. The zero-order valence-electron chi connectivity index (χ0n) is 10.9. The summed E-state index contributed by atoms with van der Waals surface area (Å²) in [7, 11) is 0. The van der Waals surface area contributed by atoms with Gasteiger partial charge < -0.3 is 20.1 Å². The molecule has 0 aromatic rings. The minimum atomic E-state index is -4.35. The second-order valence-electron chi connectivity index (χ2n) is 4.55. The third-order valence-corrected chi connectivity index (χ3v) is 2.62. The van der Waals surface area contributed by atoms with Gasteiger partial charge in [-0.2, -0.15) is 13.2 Å². The van der Waals surface area contributed by atoms with Gasteiger partial charge in [-0.05, 0) is 13.8 Å². The summed E-state index contributed by atoms with van der Waals surface area (Å²) in [5.41, 5.74) is 0. The van der Waals surface area contributed by atoms with Crippen LogP contribution in [0.2, 0.25) is 0 Å². The quantitative estimate of drug-likeness (QED) is 0.769. The Hall–Kier alpha value is -0.860. The van der Waals surface area contributed by atoms with E-state index in [0.717, 1.165) is 0 Å². The summed E-state index contributed by atoms with van der Waals surface area (Å²) < 4.78 is 45.4. The number of alkyl halides is 3. The number of carbonyl (C=O) groups excluding carboxylic acids is 1. The maximum atomic E-state index is 11.9. The van der Waals surface area contributed by atoms with E-state index in [-0.39, 0.29) is 18.6 Å². The molecule has 0 saturated carbocycles. The molecule has 3 atom stereocenters. The van der Waals surface area contributed by atoms with Gasteiger partial charge >= 0.3 is 6.18 Å². The Morgan fingerprint density at radius 2 is 2.26 bits per heavy atom. The second-order valence-corrected chi connectivity index (χ2v) is 4.55. The first kappa shape index (κ1) is 16.2. The van der Waals surface area contributed by atoms with Crippen molar-refractivity contribution in [2.75, 3.05) is 26.4 Å². The summed E-state index contributed by atoms with van der Waals surface area (Å²) in [6, 6.07) is -0.982. The van der Waals surface area contributed by atoms with Crippen molar-refractivity contribution in [1.82, 2.24) is 10.6 Å². The molecule has 2 N–H and O–H groups in total. The number of rotatable bonds is 5. The van der Waals surface area contributed by atoms with Gasteiger partial charge in [0.05, 0.1) is 19.3 Å². The SMILES string of the molecule is CC(COCC(F)(F)F)NC(=O)[C@H]1NCCO[C@@H]1C. The van der Waals surface area contributed by atoms with Crippen LogP contribution in [0.3, 0.4) is 0 Å². The molecule has 0 aromatic heterocycles. The van der Waals surface area contributed by atoms with E-state index >= 15 is 0 Å². The molecule has 1 aliphatic rings. The molecule has 112 valence electrons. The molecule has 0 spiro atoms. The Morgan fingerprint density at radius 3 is 2.84 bits per heavy atom. The van der Waals surface area contributed by atoms with Gasteiger partial charge in [-0.1, -0.05) is 0 Å². The highest BCUT2D eigenvalue weighted by atomic mass is 19.4. The molecule has 5 nitrogen and oxygen atoms in total. The lowest BCUT2D eigenvalue weighted by atomic mass is 10.1. The number of ether oxygens (including phenoxy) is 2. The minimum Gasteiger partial charge on any atom is -0.375 e. The molecule has 1 amide bonds. The lowest BCUT2D eigenvalue weighted by Crippen LogP contribution is -2.57. The maximum Gasteiger partial charge on any atom is 0.411 e. The first-order chi connectivity index (χ1) is 8.79. The van der Waals surface area contributed by atoms with E-state index in [4.69, 9.17) is 4.74 Å². The molecule has 1 unspecified atom stereocenters. The molecule has 8 heteroatoms. The van der Waals surface area contributed by atoms with E-state index < -0.39 is 24.9 Å². The fourth-order valence-corrected chi connectivity index (χ4v) is 1.75. The molecule has 0 aromatic carbocycles. The van der Waals surface area contributed by atoms with Crippen molar-refractivity contribution in [3.8, 4) is 0 Å². The van der Waals surface area contributed by atoms with Crippen LogP contribution >= 0.6 is 0 Å². The molecule has 0 radical (unpaired) electrons. The molecular formula is C11H19F3N2O3. The van der Waals surface area contributed by atoms with Gasteiger partial charge in [-0.15, -0.1) is 0 Å². The highest BCUT2D eigenvalue weighted by Crippen LogP contribution is 2.14. The average Bonchev–Trinajstić information content (AvgIpc) is 2.27. The predicted molar refractivity (Wildman–Crippen MR) is 61.7 cm³/mol. The van der Waals surface area contributed by atoms with E-state index in [1.54, 1.807) is 13.8 Å². The number of nitrogens with one attached hydrogen (secondary N) is 2. The van der Waals surface area contributed by atoms with Gasteiger partial charge in [-0.3, -0.25) is 4.79 Å². The van der Waals surface area contributed by atoms with Crippen molar-refractivity contribution in [2.45, 2.75) is 38.2 Å². The Labute approximate surface area is 109 Å². The Bertz CT molecular complexity index is 299. The van der Waals surface area contributed by atoms with Crippen molar-refractivity contribution in [3.63, 3.8) is 0 Å². The summed E-state index contributed by atoms with van der Waals surface area (Å²) in [5.74, 6) is -0.296. The second kappa shape index (κ2) is 7.06. The van der Waals surface area contributed by atoms with E-state index in [1.807, 2.05) is 0 Å². The number of hydrogen-bond acceptors (Lipinski definition) is 4. The smallest absolute Gasteiger partial charge is 0.375 e. The van der Waals surface area contributed by atoms with Gasteiger partial charge in [-0.25, -0.2) is 0 Å². The standard InChI is InChI=1S/C11H19F3N2O3/c1-7(5-18-6-11(12,13)14)16-10(17)9-8(2)19-4-3-15-9/h7-9,15H,3-6H2,1-2H3,(H,16,17)/t7?,8-,9+/m1/s1. The monoisotopic (exact) mass is 284 g/mol. The third kappa shape index (κ3) is 6.22. The van der Waals surface area contributed by atoms with Crippen molar-refractivity contribution in [3.05, 3.63) is 0 Å². The lowest BCUT2D eigenvalue weighted by molar-refractivity contribution is -0.175. The molecule has 0 aliphatic carbocycles. The van der Waals surface area contributed by atoms with Crippen LogP contribution < -0.4 is 10.6 Å². The van der Waals surface area contributed by atoms with Gasteiger partial charge in [0.15, 0.2) is 0 Å². The molecule has 1 aliphatic heterocycles. The number of morpholine rings is 1. The highest BCUT2D eigenvalue weighted by molar-refractivity contribution is 5.82. The number of carbonyl (C=O) groups is 1. The highest BCUT2D eigenvalue weighted by Gasteiger charge is 2.30. The molecule has 1 heterocycles. The zero-order valence-corrected chi connectivity index (χ0v) is 10.9. The Balaban J connectivity index is 2.27. The first-order valence-corrected chi connectivity index (χ1v) is 6.09. The number of amides is 1. The van der Waals surface area contributed by atoms with Crippen LogP contribution in [0.4, 0.5) is 13.2 Å². The van der Waals surface area contributed by atoms with Gasteiger partial charge in [0.1, 0.15) is 12.6 Å². The van der Waals surface area contributed by atoms with Crippen LogP contribution in [0, 0.1) is 0 Å². The van der Waals surface area contributed by atoms with E-state index in [9.17, 15) is 18.0 Å². The van der Waals surface area contributed by atoms with Crippen LogP contribution in [-0.4, -0.2) is 56.6 Å². The number of halogens is 3. The first-order valence-electron chi connectivity index (χ1n) is 6.09. The average molecular weight is 284 g/mol. The van der Waals surface area contributed by atoms with Crippen LogP contribution in [-0.2, 0) is 14.3 Å². The topological polar surface area (TPSA) is 59.6 Å². The largest absolute Gasteiger partial charge is 0.411 e. The van der Waals surface area contributed by atoms with Crippen LogP contribution in [0.15, 0.2) is 0 Å². The van der Waals surface area contributed by atoms with E-state index in [0.29, 0.717) is 13.2 Å². The molecule has 0 bridgehead atoms. The summed E-state index contributed by atoms with van der Waals surface area (Å²) >= 11 is 0. The predicted octanol–water partition coefficient (Wildman–Crippen LogP) is 0.447. The molecule has 1 fully saturated rings. The van der Waals surface area contributed by atoms with Crippen molar-refractivity contribution in [1.29, 1.82) is 0 Å². The Kier molecular flexibility index (Phi) is 6.02. The summed E-state index contributed by atoms with van der Waals surface area (Å²) in [6.45, 7) is 2.96. The van der Waals surface area contributed by atoms with Gasteiger partial charge in [0.25, 0.3) is 0 Å². The summed E-state index contributed by atoms with van der Waals surface area (Å²) in [6.07, 6.45) is -4.62. The van der Waals surface area contributed by atoms with Crippen molar-refractivity contribution in [2.24, 2.45) is 0 Å². The fraction of sp³-hybridized carbons (Fsp3) is 0.909. The normalized spacial score (nSPS) is 25.9. The zero-order chi connectivity index (χ0) is 14.5. The van der Waals surface area contributed by atoms with Crippen LogP contribution in [0.5, 0.6) is 0 Å². The number of hydrogen-bond donors (Lipinski definition) is 2. The molecule has 19 heavy (non-hydrogen) atoms. The summed E-state index contributed by atoms with van der Waals surface area (Å²) in [4.78, 5) is 11.8. The van der Waals surface area contributed by atoms with Crippen molar-refractivity contribution < 1.29 is 27.4 Å². The fourth-order valence-electron chi connectivity index (χ4n) is 1.75. The van der Waals surface area contributed by atoms with Gasteiger partial charge in [0, 0.05) is 12.6 Å². The van der Waals surface area contributed by atoms with Crippen LogP contribution in [0.1, 0.15) is 13.8 Å². The maximum absolute atomic E-state index is 11.9. The van der Waals surface area contributed by atoms with Gasteiger partial charge in [0.2, 0.25) is 5.91 Å². The third-order valence-electron chi connectivity index (χ3n) is 2.62. The molecule has 1 rings (SSSR count). The van der Waals surface area contributed by atoms with E-state index in [1.165, 1.54) is 0 Å². The lowest BCUT2D eigenvalue weighted by Gasteiger charge is -2.30. The molecule has 1 saturated heterocycles. The van der Waals surface area contributed by atoms with Crippen LogP contribution in [0.25, 0.3) is 0 Å². The minimum absolute atomic E-state index is 0.187. The molecular weight excluding hydrogens is 265 g/mol.